The Hall–Kier alpha value is -1.13. The summed E-state index contributed by atoms with van der Waals surface area (Å²) in [7, 11) is 0. The Balaban J connectivity index is 3.53. The van der Waals surface area contributed by atoms with E-state index in [4.69, 9.17) is 0 Å². The number of hydrogen-bond acceptors (Lipinski definition) is 3. The van der Waals surface area contributed by atoms with Gasteiger partial charge < -0.3 is 15.5 Å². The van der Waals surface area contributed by atoms with E-state index < -0.39 is 12.1 Å². The van der Waals surface area contributed by atoms with E-state index in [1.165, 1.54) is 218 Å². The van der Waals surface area contributed by atoms with Crippen LogP contribution >= 0.6 is 0 Å². The van der Waals surface area contributed by atoms with E-state index >= 15 is 0 Å². The molecule has 0 aliphatic rings. The van der Waals surface area contributed by atoms with E-state index in [1.807, 2.05) is 6.08 Å². The van der Waals surface area contributed by atoms with Crippen molar-refractivity contribution in [3.8, 4) is 0 Å². The topological polar surface area (TPSA) is 69.6 Å². The highest BCUT2D eigenvalue weighted by molar-refractivity contribution is 5.76. The standard InChI is InChI=1S/C49H95NO3/c1-3-5-7-9-11-13-15-17-19-21-23-25-26-28-30-32-34-36-38-40-42-44-48(52)47(46-51)50-49(53)45-43-41-39-37-35-33-31-29-27-24-22-20-18-16-14-12-10-8-6-4-2/h24,27,42,44,47-48,51-52H,3-23,25-26,28-41,43,45-46H2,1-2H3,(H,50,53)/b27-24-,44-42+. The maximum Gasteiger partial charge on any atom is 0.220 e. The molecule has 0 aromatic heterocycles. The van der Waals surface area contributed by atoms with Gasteiger partial charge in [-0.3, -0.25) is 4.79 Å². The number of aliphatic hydroxyl groups is 2. The SMILES string of the molecule is CCCCCCCCCCC/C=C\CCCCCCCCCC(=O)NC(CO)C(O)/C=C/CCCCCCCCCCCCCCCCCCCCC. The highest BCUT2D eigenvalue weighted by Gasteiger charge is 2.18. The number of aliphatic hydroxyl groups excluding tert-OH is 2. The lowest BCUT2D eigenvalue weighted by Crippen LogP contribution is -2.45. The van der Waals surface area contributed by atoms with Crippen molar-refractivity contribution in [2.24, 2.45) is 0 Å². The van der Waals surface area contributed by atoms with E-state index in [0.717, 1.165) is 25.7 Å². The van der Waals surface area contributed by atoms with E-state index in [2.05, 4.69) is 31.3 Å². The zero-order chi connectivity index (χ0) is 38.6. The summed E-state index contributed by atoms with van der Waals surface area (Å²) < 4.78 is 0. The Morgan fingerprint density at radius 3 is 1.04 bits per heavy atom. The summed E-state index contributed by atoms with van der Waals surface area (Å²) in [6.07, 6.45) is 58.7. The maximum absolute atomic E-state index is 12.4. The normalized spacial score (nSPS) is 13.1. The molecule has 0 saturated carbocycles. The van der Waals surface area contributed by atoms with Crippen LogP contribution in [0.15, 0.2) is 24.3 Å². The zero-order valence-corrected chi connectivity index (χ0v) is 36.1. The second-order valence-electron chi connectivity index (χ2n) is 16.5. The molecule has 0 aromatic rings. The third kappa shape index (κ3) is 41.9. The van der Waals surface area contributed by atoms with Crippen molar-refractivity contribution in [2.45, 2.75) is 276 Å². The number of hydrogen-bond donors (Lipinski definition) is 3. The van der Waals surface area contributed by atoms with E-state index in [9.17, 15) is 15.0 Å². The van der Waals surface area contributed by atoms with Gasteiger partial charge >= 0.3 is 0 Å². The third-order valence-electron chi connectivity index (χ3n) is 11.2. The lowest BCUT2D eigenvalue weighted by atomic mass is 10.0. The summed E-state index contributed by atoms with van der Waals surface area (Å²) >= 11 is 0. The average molecular weight is 746 g/mol. The van der Waals surface area contributed by atoms with Crippen molar-refractivity contribution in [3.63, 3.8) is 0 Å². The Morgan fingerprint density at radius 1 is 0.434 bits per heavy atom. The first kappa shape index (κ1) is 51.9. The maximum atomic E-state index is 12.4. The third-order valence-corrected chi connectivity index (χ3v) is 11.2. The highest BCUT2D eigenvalue weighted by Crippen LogP contribution is 2.16. The van der Waals surface area contributed by atoms with Crippen molar-refractivity contribution >= 4 is 5.91 Å². The van der Waals surface area contributed by atoms with Crippen LogP contribution in [0.25, 0.3) is 0 Å². The molecule has 0 fully saturated rings. The van der Waals surface area contributed by atoms with Gasteiger partial charge in [0, 0.05) is 6.42 Å². The van der Waals surface area contributed by atoms with Crippen LogP contribution in [0.5, 0.6) is 0 Å². The quantitative estimate of drug-likeness (QED) is 0.0430. The van der Waals surface area contributed by atoms with Gasteiger partial charge in [-0.1, -0.05) is 237 Å². The molecule has 0 aliphatic carbocycles. The zero-order valence-electron chi connectivity index (χ0n) is 36.1. The molecule has 1 amide bonds. The van der Waals surface area contributed by atoms with Crippen LogP contribution in [0.3, 0.4) is 0 Å². The number of carbonyl (C=O) groups excluding carboxylic acids is 1. The molecule has 53 heavy (non-hydrogen) atoms. The van der Waals surface area contributed by atoms with Gasteiger partial charge in [-0.25, -0.2) is 0 Å². The predicted molar refractivity (Wildman–Crippen MR) is 235 cm³/mol. The summed E-state index contributed by atoms with van der Waals surface area (Å²) in [5.41, 5.74) is 0. The first-order chi connectivity index (χ1) is 26.2. The fraction of sp³-hybridized carbons (Fsp3) is 0.898. The van der Waals surface area contributed by atoms with Crippen molar-refractivity contribution in [1.82, 2.24) is 5.32 Å². The molecule has 2 atom stereocenters. The molecule has 314 valence electrons. The molecule has 0 radical (unpaired) electrons. The second-order valence-corrected chi connectivity index (χ2v) is 16.5. The summed E-state index contributed by atoms with van der Waals surface area (Å²) in [5.74, 6) is -0.0653. The molecule has 0 aromatic carbocycles. The molecule has 0 saturated heterocycles. The Bertz CT molecular complexity index is 765. The summed E-state index contributed by atoms with van der Waals surface area (Å²) in [5, 5.41) is 23.1. The van der Waals surface area contributed by atoms with E-state index in [1.54, 1.807) is 6.08 Å². The van der Waals surface area contributed by atoms with Crippen molar-refractivity contribution in [3.05, 3.63) is 24.3 Å². The van der Waals surface area contributed by atoms with Crippen LogP contribution in [0.4, 0.5) is 0 Å². The van der Waals surface area contributed by atoms with Gasteiger partial charge in [0.1, 0.15) is 0 Å². The minimum absolute atomic E-state index is 0.0653. The molecular weight excluding hydrogens is 651 g/mol. The largest absolute Gasteiger partial charge is 0.394 e. The number of rotatable bonds is 44. The van der Waals surface area contributed by atoms with E-state index in [0.29, 0.717) is 6.42 Å². The Labute approximate surface area is 332 Å². The minimum Gasteiger partial charge on any atom is -0.394 e. The second kappa shape index (κ2) is 45.3. The molecule has 0 aliphatic heterocycles. The number of nitrogens with one attached hydrogen (secondary N) is 1. The van der Waals surface area contributed by atoms with Gasteiger partial charge in [-0.15, -0.1) is 0 Å². The monoisotopic (exact) mass is 746 g/mol. The summed E-state index contributed by atoms with van der Waals surface area (Å²) in [6.45, 7) is 4.33. The molecule has 4 heteroatoms. The Kier molecular flexibility index (Phi) is 44.3. The van der Waals surface area contributed by atoms with Crippen molar-refractivity contribution in [1.29, 1.82) is 0 Å². The number of amides is 1. The van der Waals surface area contributed by atoms with Crippen LogP contribution in [0.2, 0.25) is 0 Å². The molecule has 0 heterocycles. The minimum atomic E-state index is -0.839. The summed E-state index contributed by atoms with van der Waals surface area (Å²) in [4.78, 5) is 12.4. The molecule has 0 spiro atoms. The van der Waals surface area contributed by atoms with Gasteiger partial charge in [-0.05, 0) is 44.9 Å². The van der Waals surface area contributed by atoms with Crippen LogP contribution in [0.1, 0.15) is 264 Å². The lowest BCUT2D eigenvalue weighted by molar-refractivity contribution is -0.123. The average Bonchev–Trinajstić information content (AvgIpc) is 3.16. The van der Waals surface area contributed by atoms with Crippen molar-refractivity contribution in [2.75, 3.05) is 6.61 Å². The van der Waals surface area contributed by atoms with Crippen LogP contribution in [0, 0.1) is 0 Å². The molecule has 0 rings (SSSR count). The van der Waals surface area contributed by atoms with Crippen LogP contribution in [-0.4, -0.2) is 34.9 Å². The van der Waals surface area contributed by atoms with Gasteiger partial charge in [0.2, 0.25) is 5.91 Å². The Morgan fingerprint density at radius 2 is 0.717 bits per heavy atom. The van der Waals surface area contributed by atoms with Gasteiger partial charge in [-0.2, -0.15) is 0 Å². The number of allylic oxidation sites excluding steroid dienone is 3. The van der Waals surface area contributed by atoms with Gasteiger partial charge in [0.05, 0.1) is 18.8 Å². The number of unbranched alkanes of at least 4 members (excludes halogenated alkanes) is 35. The van der Waals surface area contributed by atoms with E-state index in [-0.39, 0.29) is 12.5 Å². The fourth-order valence-corrected chi connectivity index (χ4v) is 7.47. The predicted octanol–water partition coefficient (Wildman–Crippen LogP) is 15.2. The molecule has 3 N–H and O–H groups in total. The van der Waals surface area contributed by atoms with Crippen LogP contribution in [-0.2, 0) is 4.79 Å². The first-order valence-corrected chi connectivity index (χ1v) is 24.1. The lowest BCUT2D eigenvalue weighted by Gasteiger charge is -2.20. The fourth-order valence-electron chi connectivity index (χ4n) is 7.47. The number of carbonyl (C=O) groups is 1. The summed E-state index contributed by atoms with van der Waals surface area (Å²) in [6, 6.07) is -0.622. The smallest absolute Gasteiger partial charge is 0.220 e. The van der Waals surface area contributed by atoms with Crippen molar-refractivity contribution < 1.29 is 15.0 Å². The molecular formula is C49H95NO3. The molecule has 2 unspecified atom stereocenters. The highest BCUT2D eigenvalue weighted by atomic mass is 16.3. The van der Waals surface area contributed by atoms with Gasteiger partial charge in [0.15, 0.2) is 0 Å². The molecule has 4 nitrogen and oxygen atoms in total. The first-order valence-electron chi connectivity index (χ1n) is 24.1. The van der Waals surface area contributed by atoms with Gasteiger partial charge in [0.25, 0.3) is 0 Å². The molecule has 0 bridgehead atoms. The van der Waals surface area contributed by atoms with Crippen LogP contribution < -0.4 is 5.32 Å².